The molecule has 3 aromatic carbocycles. The summed E-state index contributed by atoms with van der Waals surface area (Å²) in [7, 11) is 0. The summed E-state index contributed by atoms with van der Waals surface area (Å²) in [5, 5.41) is 9.52. The van der Waals surface area contributed by atoms with Crippen LogP contribution >= 0.6 is 0 Å². The van der Waals surface area contributed by atoms with Gasteiger partial charge in [-0.1, -0.05) is 78.4 Å². The molecule has 2 atom stereocenters. The zero-order valence-electron chi connectivity index (χ0n) is 26.5. The van der Waals surface area contributed by atoms with Crippen LogP contribution in [0.25, 0.3) is 22.3 Å². The number of rotatable bonds is 11. The van der Waals surface area contributed by atoms with Gasteiger partial charge in [-0.05, 0) is 44.9 Å². The van der Waals surface area contributed by atoms with Crippen LogP contribution in [-0.4, -0.2) is 50.5 Å². The van der Waals surface area contributed by atoms with Crippen molar-refractivity contribution in [2.75, 3.05) is 0 Å². The smallest absolute Gasteiger partial charge is 0.408 e. The molecule has 46 heavy (non-hydrogen) atoms. The van der Waals surface area contributed by atoms with E-state index in [2.05, 4.69) is 30.9 Å². The second-order valence-electron chi connectivity index (χ2n) is 12.4. The van der Waals surface area contributed by atoms with E-state index in [4.69, 9.17) is 4.74 Å². The summed E-state index contributed by atoms with van der Waals surface area (Å²) in [5.74, 6) is -0.227. The Bertz CT molecular complexity index is 1790. The van der Waals surface area contributed by atoms with E-state index in [9.17, 15) is 14.4 Å². The van der Waals surface area contributed by atoms with Crippen molar-refractivity contribution in [3.63, 3.8) is 0 Å². The van der Waals surface area contributed by atoms with E-state index in [0.717, 1.165) is 33.2 Å². The SMILES string of the molecule is Cc1ccc(-c2ncc(C[C@H](NC(=O)[C@H](Cc3c[nH]c4ccccc34)NC(=O)OC(C)(C)C)C(=O)NCc3ccccc3)[nH]2)cc1. The van der Waals surface area contributed by atoms with Crippen LogP contribution < -0.4 is 16.0 Å². The lowest BCUT2D eigenvalue weighted by Gasteiger charge is -2.25. The number of para-hydroxylation sites is 1. The fourth-order valence-electron chi connectivity index (χ4n) is 5.11. The number of hydrogen-bond donors (Lipinski definition) is 5. The second kappa shape index (κ2) is 14.2. The summed E-state index contributed by atoms with van der Waals surface area (Å²) in [6.45, 7) is 7.57. The Morgan fingerprint density at radius 1 is 0.848 bits per heavy atom. The Labute approximate surface area is 268 Å². The number of ether oxygens (including phenoxy) is 1. The largest absolute Gasteiger partial charge is 0.444 e. The van der Waals surface area contributed by atoms with Gasteiger partial charge in [0.05, 0.1) is 0 Å². The van der Waals surface area contributed by atoms with Gasteiger partial charge in [0.2, 0.25) is 11.8 Å². The van der Waals surface area contributed by atoms with Gasteiger partial charge in [-0.25, -0.2) is 9.78 Å². The van der Waals surface area contributed by atoms with Gasteiger partial charge in [-0.15, -0.1) is 0 Å². The molecule has 0 unspecified atom stereocenters. The van der Waals surface area contributed by atoms with Gasteiger partial charge in [-0.2, -0.15) is 0 Å². The number of alkyl carbamates (subject to hydrolysis) is 1. The molecule has 0 bridgehead atoms. The number of amides is 3. The lowest BCUT2D eigenvalue weighted by molar-refractivity contribution is -0.130. The molecule has 5 N–H and O–H groups in total. The predicted molar refractivity (Wildman–Crippen MR) is 178 cm³/mol. The van der Waals surface area contributed by atoms with Crippen LogP contribution in [0.3, 0.4) is 0 Å². The average molecular weight is 621 g/mol. The molecule has 2 heterocycles. The predicted octanol–water partition coefficient (Wildman–Crippen LogP) is 5.35. The quantitative estimate of drug-likeness (QED) is 0.136. The van der Waals surface area contributed by atoms with Crippen molar-refractivity contribution in [2.45, 2.75) is 64.8 Å². The van der Waals surface area contributed by atoms with Crippen LogP contribution in [0.1, 0.15) is 43.2 Å². The van der Waals surface area contributed by atoms with Crippen LogP contribution in [0.15, 0.2) is 91.3 Å². The monoisotopic (exact) mass is 620 g/mol. The zero-order valence-corrected chi connectivity index (χ0v) is 26.5. The van der Waals surface area contributed by atoms with E-state index in [1.807, 2.05) is 92.0 Å². The summed E-state index contributed by atoms with van der Waals surface area (Å²) >= 11 is 0. The lowest BCUT2D eigenvalue weighted by atomic mass is 10.0. The highest BCUT2D eigenvalue weighted by Gasteiger charge is 2.30. The maximum Gasteiger partial charge on any atom is 0.408 e. The van der Waals surface area contributed by atoms with Gasteiger partial charge in [-0.3, -0.25) is 9.59 Å². The highest BCUT2D eigenvalue weighted by molar-refractivity contribution is 5.92. The maximum atomic E-state index is 13.9. The first-order chi connectivity index (χ1) is 22.0. The van der Waals surface area contributed by atoms with Gasteiger partial charge in [0.25, 0.3) is 0 Å². The number of aromatic nitrogens is 3. The van der Waals surface area contributed by atoms with Crippen LogP contribution in [0.4, 0.5) is 4.79 Å². The zero-order chi connectivity index (χ0) is 32.7. The third-order valence-corrected chi connectivity index (χ3v) is 7.43. The molecule has 0 fully saturated rings. The standard InChI is InChI=1S/C36H40N6O4/c1-23-14-16-25(17-15-23)32-38-22-27(40-32)19-31(33(43)39-20-24-10-6-5-7-11-24)41-34(44)30(42-35(45)46-36(2,3)4)18-26-21-37-29-13-9-8-12-28(26)29/h5-17,21-22,30-31,37H,18-20H2,1-4H3,(H,38,40)(H,39,43)(H,41,44)(H,42,45)/t30-,31-/m0/s1. The van der Waals surface area contributed by atoms with Gasteiger partial charge in [0.15, 0.2) is 0 Å². The third kappa shape index (κ3) is 8.62. The normalized spacial score (nSPS) is 12.7. The van der Waals surface area contributed by atoms with Gasteiger partial charge in [0.1, 0.15) is 23.5 Å². The van der Waals surface area contributed by atoms with Crippen molar-refractivity contribution in [1.29, 1.82) is 0 Å². The number of aryl methyl sites for hydroxylation is 1. The molecule has 0 aliphatic rings. The van der Waals surface area contributed by atoms with E-state index in [1.165, 1.54) is 0 Å². The fourth-order valence-corrected chi connectivity index (χ4v) is 5.11. The van der Waals surface area contributed by atoms with Crippen molar-refractivity contribution in [2.24, 2.45) is 0 Å². The molecule has 10 nitrogen and oxygen atoms in total. The van der Waals surface area contributed by atoms with E-state index >= 15 is 0 Å². The summed E-state index contributed by atoms with van der Waals surface area (Å²) < 4.78 is 5.48. The number of fused-ring (bicyclic) bond motifs is 1. The fraction of sp³-hybridized carbons (Fsp3) is 0.278. The minimum Gasteiger partial charge on any atom is -0.444 e. The van der Waals surface area contributed by atoms with Crippen LogP contribution in [-0.2, 0) is 33.7 Å². The maximum absolute atomic E-state index is 13.9. The van der Waals surface area contributed by atoms with Crippen LogP contribution in [0, 0.1) is 6.92 Å². The number of nitrogens with zero attached hydrogens (tertiary/aromatic N) is 1. The van der Waals surface area contributed by atoms with Crippen LogP contribution in [0.2, 0.25) is 0 Å². The Hall–Kier alpha value is -5.38. The number of imidazole rings is 1. The summed E-state index contributed by atoms with van der Waals surface area (Å²) in [6, 6.07) is 23.2. The topological polar surface area (TPSA) is 141 Å². The molecule has 0 aliphatic heterocycles. The molecule has 0 spiro atoms. The summed E-state index contributed by atoms with van der Waals surface area (Å²) in [4.78, 5) is 51.5. The molecule has 10 heteroatoms. The van der Waals surface area contributed by atoms with Crippen molar-refractivity contribution < 1.29 is 19.1 Å². The number of hydrogen-bond acceptors (Lipinski definition) is 5. The molecule has 3 amide bonds. The van der Waals surface area contributed by atoms with Gasteiger partial charge < -0.3 is 30.7 Å². The Morgan fingerprint density at radius 2 is 1.54 bits per heavy atom. The number of H-pyrrole nitrogens is 2. The molecule has 238 valence electrons. The molecule has 0 radical (unpaired) electrons. The first-order valence-corrected chi connectivity index (χ1v) is 15.3. The van der Waals surface area contributed by atoms with E-state index in [1.54, 1.807) is 27.0 Å². The van der Waals surface area contributed by atoms with E-state index < -0.39 is 29.7 Å². The lowest BCUT2D eigenvalue weighted by Crippen LogP contribution is -2.55. The van der Waals surface area contributed by atoms with Gasteiger partial charge in [0, 0.05) is 53.9 Å². The van der Waals surface area contributed by atoms with Crippen LogP contribution in [0.5, 0.6) is 0 Å². The molecule has 0 saturated heterocycles. The summed E-state index contributed by atoms with van der Waals surface area (Å²) in [6.07, 6.45) is 3.09. The minimum atomic E-state index is -1.02. The first kappa shape index (κ1) is 32.0. The second-order valence-corrected chi connectivity index (χ2v) is 12.4. The third-order valence-electron chi connectivity index (χ3n) is 7.43. The van der Waals surface area contributed by atoms with E-state index in [-0.39, 0.29) is 18.7 Å². The highest BCUT2D eigenvalue weighted by atomic mass is 16.6. The minimum absolute atomic E-state index is 0.150. The number of carbonyl (C=O) groups is 3. The van der Waals surface area contributed by atoms with Crippen molar-refractivity contribution in [1.82, 2.24) is 30.9 Å². The molecular formula is C36H40N6O4. The molecule has 0 saturated carbocycles. The number of carbonyl (C=O) groups excluding carboxylic acids is 3. The number of aromatic amines is 2. The van der Waals surface area contributed by atoms with Crippen molar-refractivity contribution in [3.05, 3.63) is 114 Å². The number of benzene rings is 3. The molecule has 0 aliphatic carbocycles. The van der Waals surface area contributed by atoms with Crippen molar-refractivity contribution >= 4 is 28.8 Å². The molecule has 2 aromatic heterocycles. The Kier molecular flexibility index (Phi) is 9.85. The Morgan fingerprint density at radius 3 is 2.28 bits per heavy atom. The van der Waals surface area contributed by atoms with E-state index in [0.29, 0.717) is 18.1 Å². The van der Waals surface area contributed by atoms with Crippen molar-refractivity contribution in [3.8, 4) is 11.4 Å². The Balaban J connectivity index is 1.38. The molecule has 5 aromatic rings. The van der Waals surface area contributed by atoms with Gasteiger partial charge >= 0.3 is 6.09 Å². The molecular weight excluding hydrogens is 580 g/mol. The first-order valence-electron chi connectivity index (χ1n) is 15.3. The summed E-state index contributed by atoms with van der Waals surface area (Å²) in [5.41, 5.74) is 4.63. The number of nitrogens with one attached hydrogen (secondary N) is 5. The molecule has 5 rings (SSSR count). The highest BCUT2D eigenvalue weighted by Crippen LogP contribution is 2.20. The average Bonchev–Trinajstić information content (AvgIpc) is 3.66.